The number of carbonyl (C=O) groups is 2. The summed E-state index contributed by atoms with van der Waals surface area (Å²) in [6.07, 6.45) is 1.61. The Morgan fingerprint density at radius 2 is 1.79 bits per heavy atom. The second-order valence-corrected chi connectivity index (χ2v) is 5.87. The third kappa shape index (κ3) is 6.84. The maximum Gasteiger partial charge on any atom is 0.251 e. The van der Waals surface area contributed by atoms with Crippen molar-refractivity contribution < 1.29 is 23.8 Å². The number of ether oxygens (including phenoxy) is 3. The Morgan fingerprint density at radius 3 is 2.45 bits per heavy atom. The number of nitrogens with one attached hydrogen (secondary N) is 2. The molecule has 0 bridgehead atoms. The van der Waals surface area contributed by atoms with Crippen molar-refractivity contribution in [2.75, 3.05) is 27.4 Å². The summed E-state index contributed by atoms with van der Waals surface area (Å²) in [7, 11) is 3.13. The van der Waals surface area contributed by atoms with E-state index in [2.05, 4.69) is 15.8 Å². The van der Waals surface area contributed by atoms with Gasteiger partial charge in [0.1, 0.15) is 5.75 Å². The molecule has 29 heavy (non-hydrogen) atoms. The number of hydrogen-bond donors (Lipinski definition) is 2. The van der Waals surface area contributed by atoms with E-state index in [0.717, 1.165) is 5.56 Å². The smallest absolute Gasteiger partial charge is 0.251 e. The van der Waals surface area contributed by atoms with Crippen LogP contribution in [0.3, 0.4) is 0 Å². The molecule has 0 aliphatic heterocycles. The molecule has 8 heteroatoms. The maximum atomic E-state index is 12.0. The highest BCUT2D eigenvalue weighted by molar-refractivity contribution is 5.94. The number of amides is 2. The molecular formula is C21H25N3O5. The zero-order chi connectivity index (χ0) is 21.1. The second kappa shape index (κ2) is 11.3. The highest BCUT2D eigenvalue weighted by Crippen LogP contribution is 2.27. The zero-order valence-electron chi connectivity index (χ0n) is 16.7. The molecule has 0 aliphatic rings. The van der Waals surface area contributed by atoms with Gasteiger partial charge in [-0.2, -0.15) is 5.10 Å². The van der Waals surface area contributed by atoms with E-state index >= 15 is 0 Å². The molecule has 0 heterocycles. The van der Waals surface area contributed by atoms with Crippen LogP contribution in [-0.2, 0) is 4.79 Å². The number of hydrogen-bond acceptors (Lipinski definition) is 6. The molecule has 8 nitrogen and oxygen atoms in total. The molecule has 0 fully saturated rings. The first kappa shape index (κ1) is 21.7. The van der Waals surface area contributed by atoms with Crippen LogP contribution < -0.4 is 25.0 Å². The van der Waals surface area contributed by atoms with E-state index < -0.39 is 0 Å². The first-order chi connectivity index (χ1) is 14.1. The van der Waals surface area contributed by atoms with Gasteiger partial charge in [-0.1, -0.05) is 0 Å². The molecule has 2 rings (SSSR count). The molecule has 154 valence electrons. The summed E-state index contributed by atoms with van der Waals surface area (Å²) in [4.78, 5) is 23.9. The minimum atomic E-state index is -0.310. The van der Waals surface area contributed by atoms with Gasteiger partial charge in [-0.3, -0.25) is 9.59 Å². The number of methoxy groups -OCH3 is 2. The summed E-state index contributed by atoms with van der Waals surface area (Å²) in [6.45, 7) is 2.59. The summed E-state index contributed by atoms with van der Waals surface area (Å²) >= 11 is 0. The van der Waals surface area contributed by atoms with Crippen LogP contribution in [0.25, 0.3) is 0 Å². The Labute approximate surface area is 169 Å². The van der Waals surface area contributed by atoms with E-state index in [0.29, 0.717) is 29.4 Å². The quantitative estimate of drug-likeness (QED) is 0.472. The molecule has 2 aromatic carbocycles. The average molecular weight is 399 g/mol. The van der Waals surface area contributed by atoms with Crippen LogP contribution in [0.4, 0.5) is 0 Å². The zero-order valence-corrected chi connectivity index (χ0v) is 16.7. The minimum Gasteiger partial charge on any atom is -0.497 e. The SMILES string of the molecule is CCOc1cc(C=NNC(=O)CCNC(=O)c2ccc(OC)cc2)ccc1OC. The summed E-state index contributed by atoms with van der Waals surface area (Å²) in [5.41, 5.74) is 3.68. The first-order valence-electron chi connectivity index (χ1n) is 9.12. The Hall–Kier alpha value is -3.55. The van der Waals surface area contributed by atoms with E-state index in [-0.39, 0.29) is 24.8 Å². The van der Waals surface area contributed by atoms with Gasteiger partial charge < -0.3 is 19.5 Å². The molecule has 0 aromatic heterocycles. The summed E-state index contributed by atoms with van der Waals surface area (Å²) < 4.78 is 15.8. The van der Waals surface area contributed by atoms with Crippen LogP contribution in [0.2, 0.25) is 0 Å². The highest BCUT2D eigenvalue weighted by atomic mass is 16.5. The Kier molecular flexibility index (Phi) is 8.50. The van der Waals surface area contributed by atoms with Crippen LogP contribution in [0.15, 0.2) is 47.6 Å². The largest absolute Gasteiger partial charge is 0.497 e. The minimum absolute atomic E-state index is 0.103. The normalized spacial score (nSPS) is 10.4. The Balaban J connectivity index is 1.77. The lowest BCUT2D eigenvalue weighted by atomic mass is 10.2. The van der Waals surface area contributed by atoms with Gasteiger partial charge in [-0.05, 0) is 55.0 Å². The molecule has 0 atom stereocenters. The number of benzene rings is 2. The van der Waals surface area contributed by atoms with Gasteiger partial charge >= 0.3 is 0 Å². The van der Waals surface area contributed by atoms with Crippen molar-refractivity contribution in [1.29, 1.82) is 0 Å². The number of hydrazone groups is 1. The van der Waals surface area contributed by atoms with Crippen molar-refractivity contribution in [2.24, 2.45) is 5.10 Å². The molecule has 0 saturated heterocycles. The molecule has 0 unspecified atom stereocenters. The summed E-state index contributed by atoms with van der Waals surface area (Å²) in [5, 5.41) is 6.61. The number of carbonyl (C=O) groups excluding carboxylic acids is 2. The van der Waals surface area contributed by atoms with Crippen molar-refractivity contribution in [1.82, 2.24) is 10.7 Å². The van der Waals surface area contributed by atoms with Crippen LogP contribution in [-0.4, -0.2) is 45.4 Å². The van der Waals surface area contributed by atoms with Gasteiger partial charge in [0, 0.05) is 18.5 Å². The van der Waals surface area contributed by atoms with Gasteiger partial charge in [-0.25, -0.2) is 5.43 Å². The van der Waals surface area contributed by atoms with Gasteiger partial charge in [0.2, 0.25) is 5.91 Å². The predicted molar refractivity (Wildman–Crippen MR) is 110 cm³/mol. The van der Waals surface area contributed by atoms with Crippen LogP contribution in [0.1, 0.15) is 29.3 Å². The maximum absolute atomic E-state index is 12.0. The van der Waals surface area contributed by atoms with Crippen molar-refractivity contribution in [3.8, 4) is 17.2 Å². The van der Waals surface area contributed by atoms with E-state index in [4.69, 9.17) is 14.2 Å². The van der Waals surface area contributed by atoms with E-state index in [1.807, 2.05) is 6.92 Å². The lowest BCUT2D eigenvalue weighted by Gasteiger charge is -2.09. The predicted octanol–water partition coefficient (Wildman–Crippen LogP) is 2.37. The van der Waals surface area contributed by atoms with Gasteiger partial charge in [0.25, 0.3) is 5.91 Å². The van der Waals surface area contributed by atoms with Crippen molar-refractivity contribution >= 4 is 18.0 Å². The Bertz CT molecular complexity index is 850. The fraction of sp³-hybridized carbons (Fsp3) is 0.286. The van der Waals surface area contributed by atoms with E-state index in [9.17, 15) is 9.59 Å². The van der Waals surface area contributed by atoms with Crippen LogP contribution in [0.5, 0.6) is 17.2 Å². The molecule has 0 spiro atoms. The molecule has 0 radical (unpaired) electrons. The molecule has 2 aromatic rings. The van der Waals surface area contributed by atoms with Gasteiger partial charge in [-0.15, -0.1) is 0 Å². The second-order valence-electron chi connectivity index (χ2n) is 5.87. The third-order valence-corrected chi connectivity index (χ3v) is 3.88. The Morgan fingerprint density at radius 1 is 1.03 bits per heavy atom. The molecule has 2 N–H and O–H groups in total. The van der Waals surface area contributed by atoms with Crippen molar-refractivity contribution in [3.63, 3.8) is 0 Å². The lowest BCUT2D eigenvalue weighted by Crippen LogP contribution is -2.29. The fourth-order valence-corrected chi connectivity index (χ4v) is 2.41. The third-order valence-electron chi connectivity index (χ3n) is 3.88. The molecule has 2 amide bonds. The molecule has 0 aliphatic carbocycles. The van der Waals surface area contributed by atoms with Crippen molar-refractivity contribution in [3.05, 3.63) is 53.6 Å². The average Bonchev–Trinajstić information content (AvgIpc) is 2.74. The summed E-state index contributed by atoms with van der Waals surface area (Å²) in [5.74, 6) is 1.33. The van der Waals surface area contributed by atoms with Gasteiger partial charge in [0.15, 0.2) is 11.5 Å². The summed E-state index contributed by atoms with van der Waals surface area (Å²) in [6, 6.07) is 12.1. The van der Waals surface area contributed by atoms with Crippen LogP contribution >= 0.6 is 0 Å². The standard InChI is InChI=1S/C21H25N3O5/c1-4-29-19-13-15(5-10-18(19)28-3)14-23-24-20(25)11-12-22-21(26)16-6-8-17(27-2)9-7-16/h5-10,13-14H,4,11-12H2,1-3H3,(H,22,26)(H,24,25). The van der Waals surface area contributed by atoms with E-state index in [1.165, 1.54) is 6.21 Å². The van der Waals surface area contributed by atoms with Crippen LogP contribution in [0, 0.1) is 0 Å². The highest BCUT2D eigenvalue weighted by Gasteiger charge is 2.07. The monoisotopic (exact) mass is 399 g/mol. The first-order valence-corrected chi connectivity index (χ1v) is 9.12. The number of nitrogens with zero attached hydrogens (tertiary/aromatic N) is 1. The number of rotatable bonds is 10. The topological polar surface area (TPSA) is 98.2 Å². The molecule has 0 saturated carbocycles. The van der Waals surface area contributed by atoms with Gasteiger partial charge in [0.05, 0.1) is 27.0 Å². The lowest BCUT2D eigenvalue weighted by molar-refractivity contribution is -0.120. The van der Waals surface area contributed by atoms with E-state index in [1.54, 1.807) is 56.7 Å². The molecular weight excluding hydrogens is 374 g/mol. The fourth-order valence-electron chi connectivity index (χ4n) is 2.41. The van der Waals surface area contributed by atoms with Crippen molar-refractivity contribution in [2.45, 2.75) is 13.3 Å².